The van der Waals surface area contributed by atoms with E-state index < -0.39 is 23.8 Å². The average Bonchev–Trinajstić information content (AvgIpc) is 3.30. The molecular formula is C24H18N2O4. The van der Waals surface area contributed by atoms with Gasteiger partial charge in [0.15, 0.2) is 6.04 Å². The number of hydrogen-bond acceptors (Lipinski definition) is 5. The van der Waals surface area contributed by atoms with Crippen molar-refractivity contribution < 1.29 is 19.2 Å². The third-order valence-corrected chi connectivity index (χ3v) is 5.51. The van der Waals surface area contributed by atoms with Crippen LogP contribution in [0.15, 0.2) is 78.9 Å². The van der Waals surface area contributed by atoms with Crippen molar-refractivity contribution in [2.45, 2.75) is 12.5 Å². The van der Waals surface area contributed by atoms with Crippen molar-refractivity contribution >= 4 is 23.5 Å². The summed E-state index contributed by atoms with van der Waals surface area (Å²) in [5, 5.41) is 0.574. The Balaban J connectivity index is 1.48. The van der Waals surface area contributed by atoms with Crippen LogP contribution in [0.4, 0.5) is 5.69 Å². The van der Waals surface area contributed by atoms with E-state index in [2.05, 4.69) is 0 Å². The minimum atomic E-state index is -0.779. The lowest BCUT2D eigenvalue weighted by Crippen LogP contribution is -2.40. The molecule has 148 valence electrons. The van der Waals surface area contributed by atoms with Crippen molar-refractivity contribution in [1.82, 2.24) is 5.06 Å². The highest BCUT2D eigenvalue weighted by Crippen LogP contribution is 2.36. The number of benzene rings is 3. The molecule has 5 rings (SSSR count). The number of hydroxylamine groups is 2. The quantitative estimate of drug-likeness (QED) is 0.629. The van der Waals surface area contributed by atoms with Crippen molar-refractivity contribution in [2.75, 3.05) is 11.4 Å². The van der Waals surface area contributed by atoms with E-state index in [0.29, 0.717) is 11.6 Å². The second kappa shape index (κ2) is 7.15. The molecule has 0 saturated heterocycles. The first-order valence-corrected chi connectivity index (χ1v) is 9.74. The Bertz CT molecular complexity index is 1120. The van der Waals surface area contributed by atoms with E-state index in [1.165, 1.54) is 0 Å². The SMILES string of the molecule is O=C(ON1C(=O)c2ccccc2C1=O)C(c1ccccc1)N1CCc2ccccc21. The van der Waals surface area contributed by atoms with Gasteiger partial charge in [0.2, 0.25) is 0 Å². The molecule has 0 aliphatic carbocycles. The fraction of sp³-hybridized carbons (Fsp3) is 0.125. The smallest absolute Gasteiger partial charge is 0.354 e. The monoisotopic (exact) mass is 398 g/mol. The zero-order valence-electron chi connectivity index (χ0n) is 16.0. The van der Waals surface area contributed by atoms with Gasteiger partial charge in [0.1, 0.15) is 0 Å². The number of para-hydroxylation sites is 1. The minimum absolute atomic E-state index is 0.234. The predicted molar refractivity (Wildman–Crippen MR) is 110 cm³/mol. The second-order valence-electron chi connectivity index (χ2n) is 7.25. The molecule has 2 amide bonds. The summed E-state index contributed by atoms with van der Waals surface area (Å²) in [5.41, 5.74) is 3.30. The highest BCUT2D eigenvalue weighted by atomic mass is 16.7. The molecule has 1 atom stereocenters. The van der Waals surface area contributed by atoms with E-state index in [9.17, 15) is 14.4 Å². The van der Waals surface area contributed by atoms with E-state index in [1.807, 2.05) is 59.5 Å². The van der Waals surface area contributed by atoms with Crippen molar-refractivity contribution in [3.8, 4) is 0 Å². The summed E-state index contributed by atoms with van der Waals surface area (Å²) in [6, 6.07) is 22.8. The van der Waals surface area contributed by atoms with Gasteiger partial charge in [-0.2, -0.15) is 0 Å². The molecule has 0 bridgehead atoms. The lowest BCUT2D eigenvalue weighted by molar-refractivity contribution is -0.170. The normalized spacial score (nSPS) is 15.7. The lowest BCUT2D eigenvalue weighted by Gasteiger charge is -2.29. The van der Waals surface area contributed by atoms with Gasteiger partial charge in [-0.25, -0.2) is 4.79 Å². The van der Waals surface area contributed by atoms with Crippen LogP contribution in [0.5, 0.6) is 0 Å². The molecule has 0 N–H and O–H groups in total. The first kappa shape index (κ1) is 18.1. The largest absolute Gasteiger partial charge is 0.359 e. The van der Waals surface area contributed by atoms with Gasteiger partial charge in [-0.05, 0) is 35.7 Å². The Morgan fingerprint density at radius 2 is 1.40 bits per heavy atom. The zero-order valence-corrected chi connectivity index (χ0v) is 16.0. The predicted octanol–water partition coefficient (Wildman–Crippen LogP) is 3.54. The van der Waals surface area contributed by atoms with Gasteiger partial charge in [-0.15, -0.1) is 0 Å². The maximum absolute atomic E-state index is 13.3. The highest BCUT2D eigenvalue weighted by molar-refractivity contribution is 6.21. The average molecular weight is 398 g/mol. The number of amides is 2. The molecule has 2 aliphatic heterocycles. The summed E-state index contributed by atoms with van der Waals surface area (Å²) in [7, 11) is 0. The van der Waals surface area contributed by atoms with Crippen LogP contribution < -0.4 is 4.90 Å². The summed E-state index contributed by atoms with van der Waals surface area (Å²) in [6.07, 6.45) is 0.805. The molecule has 6 nitrogen and oxygen atoms in total. The number of carbonyl (C=O) groups excluding carboxylic acids is 3. The van der Waals surface area contributed by atoms with Gasteiger partial charge < -0.3 is 9.74 Å². The van der Waals surface area contributed by atoms with Crippen LogP contribution in [0.2, 0.25) is 0 Å². The van der Waals surface area contributed by atoms with Crippen LogP contribution in [-0.4, -0.2) is 29.4 Å². The standard InChI is InChI=1S/C24H18N2O4/c27-22-18-11-5-6-12-19(18)23(28)26(22)30-24(29)21(17-9-2-1-3-10-17)25-15-14-16-8-4-7-13-20(16)25/h1-13,21H,14-15H2. The molecule has 0 saturated carbocycles. The number of imide groups is 1. The molecule has 2 heterocycles. The van der Waals surface area contributed by atoms with E-state index in [1.54, 1.807) is 24.3 Å². The van der Waals surface area contributed by atoms with Crippen LogP contribution in [0.1, 0.15) is 37.9 Å². The molecule has 2 aliphatic rings. The second-order valence-corrected chi connectivity index (χ2v) is 7.25. The Labute approximate surface area is 173 Å². The fourth-order valence-corrected chi connectivity index (χ4v) is 4.10. The van der Waals surface area contributed by atoms with Crippen LogP contribution >= 0.6 is 0 Å². The first-order valence-electron chi connectivity index (χ1n) is 9.74. The third-order valence-electron chi connectivity index (χ3n) is 5.51. The van der Waals surface area contributed by atoms with Gasteiger partial charge in [-0.3, -0.25) is 9.59 Å². The molecule has 0 aromatic heterocycles. The number of hydrogen-bond donors (Lipinski definition) is 0. The molecule has 1 unspecified atom stereocenters. The molecule has 0 fully saturated rings. The topological polar surface area (TPSA) is 66.9 Å². The van der Waals surface area contributed by atoms with Crippen LogP contribution in [-0.2, 0) is 16.1 Å². The van der Waals surface area contributed by atoms with Gasteiger partial charge in [0.25, 0.3) is 11.8 Å². The van der Waals surface area contributed by atoms with E-state index in [0.717, 1.165) is 23.2 Å². The van der Waals surface area contributed by atoms with Crippen LogP contribution in [0.25, 0.3) is 0 Å². The zero-order chi connectivity index (χ0) is 20.7. The minimum Gasteiger partial charge on any atom is -0.354 e. The number of rotatable bonds is 4. The maximum atomic E-state index is 13.3. The van der Waals surface area contributed by atoms with Crippen molar-refractivity contribution in [2.24, 2.45) is 0 Å². The number of carbonyl (C=O) groups is 3. The van der Waals surface area contributed by atoms with Crippen molar-refractivity contribution in [1.29, 1.82) is 0 Å². The Morgan fingerprint density at radius 1 is 0.800 bits per heavy atom. The van der Waals surface area contributed by atoms with Crippen molar-refractivity contribution in [3.05, 3.63) is 101 Å². The fourth-order valence-electron chi connectivity index (χ4n) is 4.10. The molecule has 0 spiro atoms. The lowest BCUT2D eigenvalue weighted by atomic mass is 10.1. The molecular weight excluding hydrogens is 380 g/mol. The number of fused-ring (bicyclic) bond motifs is 2. The summed E-state index contributed by atoms with van der Waals surface area (Å²) < 4.78 is 0. The van der Waals surface area contributed by atoms with Gasteiger partial charge >= 0.3 is 5.97 Å². The maximum Gasteiger partial charge on any atom is 0.359 e. The Morgan fingerprint density at radius 3 is 2.10 bits per heavy atom. The van der Waals surface area contributed by atoms with E-state index in [-0.39, 0.29) is 11.1 Å². The highest BCUT2D eigenvalue weighted by Gasteiger charge is 2.41. The molecule has 6 heteroatoms. The van der Waals surface area contributed by atoms with Gasteiger partial charge in [0.05, 0.1) is 11.1 Å². The summed E-state index contributed by atoms with van der Waals surface area (Å²) in [5.74, 6) is -1.93. The Hall–Kier alpha value is -3.93. The molecule has 3 aromatic carbocycles. The summed E-state index contributed by atoms with van der Waals surface area (Å²) in [6.45, 7) is 0.635. The molecule has 0 radical (unpaired) electrons. The Kier molecular flexibility index (Phi) is 4.32. The number of nitrogens with zero attached hydrogens (tertiary/aromatic N) is 2. The van der Waals surface area contributed by atoms with Gasteiger partial charge in [0, 0.05) is 12.2 Å². The molecule has 3 aromatic rings. The molecule has 30 heavy (non-hydrogen) atoms. The first-order chi connectivity index (χ1) is 14.6. The van der Waals surface area contributed by atoms with Crippen LogP contribution in [0, 0.1) is 0 Å². The van der Waals surface area contributed by atoms with Crippen molar-refractivity contribution in [3.63, 3.8) is 0 Å². The van der Waals surface area contributed by atoms with Crippen LogP contribution in [0.3, 0.4) is 0 Å². The summed E-state index contributed by atoms with van der Waals surface area (Å²) in [4.78, 5) is 46.0. The van der Waals surface area contributed by atoms with Gasteiger partial charge in [-0.1, -0.05) is 65.7 Å². The van der Waals surface area contributed by atoms with E-state index in [4.69, 9.17) is 4.84 Å². The number of anilines is 1. The van der Waals surface area contributed by atoms with E-state index >= 15 is 0 Å². The summed E-state index contributed by atoms with van der Waals surface area (Å²) >= 11 is 0. The third kappa shape index (κ3) is 2.85.